The zero-order chi connectivity index (χ0) is 18.3. The van der Waals surface area contributed by atoms with Crippen molar-refractivity contribution in [1.29, 1.82) is 0 Å². The molecule has 0 fully saturated rings. The topological polar surface area (TPSA) is 79.5 Å². The summed E-state index contributed by atoms with van der Waals surface area (Å²) in [6.45, 7) is 9.16. The van der Waals surface area contributed by atoms with E-state index in [0.717, 1.165) is 6.42 Å². The number of anilines is 1. The van der Waals surface area contributed by atoms with Gasteiger partial charge in [-0.05, 0) is 51.0 Å². The van der Waals surface area contributed by atoms with E-state index in [1.54, 1.807) is 45.0 Å². The van der Waals surface area contributed by atoms with Crippen LogP contribution in [0.5, 0.6) is 0 Å². The Morgan fingerprint density at radius 3 is 2.29 bits per heavy atom. The maximum absolute atomic E-state index is 12.4. The molecule has 7 heteroatoms. The summed E-state index contributed by atoms with van der Waals surface area (Å²) < 4.78 is 5.22. The van der Waals surface area contributed by atoms with E-state index in [9.17, 15) is 9.59 Å². The van der Waals surface area contributed by atoms with Crippen LogP contribution in [0.3, 0.4) is 0 Å². The van der Waals surface area contributed by atoms with Gasteiger partial charge in [0.25, 0.3) is 5.91 Å². The van der Waals surface area contributed by atoms with Crippen LogP contribution in [0.4, 0.5) is 10.5 Å². The number of ether oxygens (including phenoxy) is 1. The van der Waals surface area contributed by atoms with Crippen molar-refractivity contribution in [1.82, 2.24) is 10.7 Å². The van der Waals surface area contributed by atoms with Gasteiger partial charge in [0.1, 0.15) is 11.6 Å². The van der Waals surface area contributed by atoms with Crippen molar-refractivity contribution in [2.45, 2.75) is 52.7 Å². The second kappa shape index (κ2) is 8.78. The van der Waals surface area contributed by atoms with Gasteiger partial charge in [0, 0.05) is 5.02 Å². The van der Waals surface area contributed by atoms with E-state index in [1.165, 1.54) is 0 Å². The van der Waals surface area contributed by atoms with Gasteiger partial charge in [0.2, 0.25) is 0 Å². The van der Waals surface area contributed by atoms with Crippen molar-refractivity contribution in [3.63, 3.8) is 0 Å². The van der Waals surface area contributed by atoms with Crippen LogP contribution in [0.2, 0.25) is 5.02 Å². The van der Waals surface area contributed by atoms with E-state index in [-0.39, 0.29) is 11.8 Å². The maximum Gasteiger partial charge on any atom is 0.408 e. The van der Waals surface area contributed by atoms with Crippen LogP contribution in [-0.4, -0.2) is 23.6 Å². The van der Waals surface area contributed by atoms with Gasteiger partial charge < -0.3 is 10.1 Å². The fourth-order valence-electron chi connectivity index (χ4n) is 1.88. The molecule has 24 heavy (non-hydrogen) atoms. The van der Waals surface area contributed by atoms with Crippen LogP contribution in [0.25, 0.3) is 0 Å². The third-order valence-electron chi connectivity index (χ3n) is 3.34. The third-order valence-corrected chi connectivity index (χ3v) is 3.59. The highest BCUT2D eigenvalue weighted by molar-refractivity contribution is 6.30. The lowest BCUT2D eigenvalue weighted by molar-refractivity contribution is -0.123. The summed E-state index contributed by atoms with van der Waals surface area (Å²) in [5.74, 6) is -0.394. The quantitative estimate of drug-likeness (QED) is 0.679. The number of hydrogen-bond acceptors (Lipinski definition) is 4. The summed E-state index contributed by atoms with van der Waals surface area (Å²) in [6, 6.07) is 6.19. The van der Waals surface area contributed by atoms with Crippen LogP contribution in [0.15, 0.2) is 24.3 Å². The molecule has 0 heterocycles. The Bertz CT molecular complexity index is 555. The van der Waals surface area contributed by atoms with Crippen molar-refractivity contribution < 1.29 is 14.3 Å². The van der Waals surface area contributed by atoms with E-state index in [1.807, 2.05) is 13.8 Å². The molecule has 1 rings (SSSR count). The number of halogens is 1. The molecule has 0 radical (unpaired) electrons. The normalized spacial score (nSPS) is 13.6. The molecule has 2 atom stereocenters. The number of hydrazine groups is 1. The first kappa shape index (κ1) is 20.1. The Morgan fingerprint density at radius 1 is 1.21 bits per heavy atom. The SMILES string of the molecule is CCC(C)C(NC(=O)OC(C)(C)C)C(=O)NNc1ccc(Cl)cc1. The second-order valence-electron chi connectivity index (χ2n) is 6.63. The minimum absolute atomic E-state index is 0.0514. The van der Waals surface area contributed by atoms with Gasteiger partial charge >= 0.3 is 6.09 Å². The first-order valence-corrected chi connectivity index (χ1v) is 8.31. The summed E-state index contributed by atoms with van der Waals surface area (Å²) >= 11 is 5.82. The zero-order valence-electron chi connectivity index (χ0n) is 14.8. The van der Waals surface area contributed by atoms with Crippen molar-refractivity contribution in [2.75, 3.05) is 5.43 Å². The van der Waals surface area contributed by atoms with Crippen molar-refractivity contribution in [2.24, 2.45) is 5.92 Å². The number of carbonyl (C=O) groups excluding carboxylic acids is 2. The van der Waals surface area contributed by atoms with Crippen molar-refractivity contribution in [3.05, 3.63) is 29.3 Å². The van der Waals surface area contributed by atoms with Crippen molar-refractivity contribution >= 4 is 29.3 Å². The van der Waals surface area contributed by atoms with E-state index < -0.39 is 17.7 Å². The Labute approximate surface area is 148 Å². The highest BCUT2D eigenvalue weighted by Crippen LogP contribution is 2.14. The molecule has 6 nitrogen and oxygen atoms in total. The molecule has 0 aliphatic heterocycles. The lowest BCUT2D eigenvalue weighted by Gasteiger charge is -2.26. The monoisotopic (exact) mass is 355 g/mol. The largest absolute Gasteiger partial charge is 0.444 e. The predicted octanol–water partition coefficient (Wildman–Crippen LogP) is 3.72. The Morgan fingerprint density at radius 2 is 1.79 bits per heavy atom. The van der Waals surface area contributed by atoms with Crippen LogP contribution in [-0.2, 0) is 9.53 Å². The van der Waals surface area contributed by atoms with Crippen molar-refractivity contribution in [3.8, 4) is 0 Å². The van der Waals surface area contributed by atoms with E-state index in [0.29, 0.717) is 10.7 Å². The number of hydrogen-bond donors (Lipinski definition) is 3. The third kappa shape index (κ3) is 7.08. The molecule has 2 amide bonds. The minimum Gasteiger partial charge on any atom is -0.444 e. The number of carbonyl (C=O) groups is 2. The minimum atomic E-state index is -0.704. The number of rotatable bonds is 6. The number of amides is 2. The predicted molar refractivity (Wildman–Crippen MR) is 95.8 cm³/mol. The molecular formula is C17H26ClN3O3. The summed E-state index contributed by atoms with van der Waals surface area (Å²) in [7, 11) is 0. The van der Waals surface area contributed by atoms with Crippen LogP contribution in [0, 0.1) is 5.92 Å². The fourth-order valence-corrected chi connectivity index (χ4v) is 2.01. The Hall–Kier alpha value is -1.95. The molecule has 1 aromatic rings. The Balaban J connectivity index is 2.67. The molecule has 0 spiro atoms. The number of nitrogens with one attached hydrogen (secondary N) is 3. The molecule has 0 saturated heterocycles. The molecule has 0 saturated carbocycles. The number of benzene rings is 1. The summed E-state index contributed by atoms with van der Waals surface area (Å²) in [5, 5.41) is 3.24. The molecule has 1 aromatic carbocycles. The smallest absolute Gasteiger partial charge is 0.408 e. The molecule has 2 unspecified atom stereocenters. The highest BCUT2D eigenvalue weighted by Gasteiger charge is 2.28. The number of alkyl carbamates (subject to hydrolysis) is 1. The average Bonchev–Trinajstić information content (AvgIpc) is 2.49. The molecule has 3 N–H and O–H groups in total. The molecule has 0 bridgehead atoms. The molecular weight excluding hydrogens is 330 g/mol. The lowest BCUT2D eigenvalue weighted by atomic mass is 9.99. The summed E-state index contributed by atoms with van der Waals surface area (Å²) in [6.07, 6.45) is 0.115. The summed E-state index contributed by atoms with van der Waals surface area (Å²) in [5.41, 5.74) is 5.47. The standard InChI is InChI=1S/C17H26ClN3O3/c1-6-11(2)14(19-16(23)24-17(3,4)5)15(22)21-20-13-9-7-12(18)8-10-13/h7-11,14,20H,6H2,1-5H3,(H,19,23)(H,21,22). The fraction of sp³-hybridized carbons (Fsp3) is 0.529. The van der Waals surface area contributed by atoms with E-state index in [2.05, 4.69) is 16.2 Å². The molecule has 0 aromatic heterocycles. The summed E-state index contributed by atoms with van der Waals surface area (Å²) in [4.78, 5) is 24.4. The first-order chi connectivity index (χ1) is 11.1. The first-order valence-electron chi connectivity index (χ1n) is 7.93. The molecule has 134 valence electrons. The van der Waals surface area contributed by atoms with Crippen LogP contribution >= 0.6 is 11.6 Å². The van der Waals surface area contributed by atoms with Gasteiger partial charge in [-0.1, -0.05) is 31.9 Å². The zero-order valence-corrected chi connectivity index (χ0v) is 15.5. The van der Waals surface area contributed by atoms with Gasteiger partial charge in [-0.25, -0.2) is 4.79 Å². The van der Waals surface area contributed by atoms with E-state index in [4.69, 9.17) is 16.3 Å². The molecule has 0 aliphatic carbocycles. The second-order valence-corrected chi connectivity index (χ2v) is 7.07. The Kier molecular flexibility index (Phi) is 7.35. The van der Waals surface area contributed by atoms with Gasteiger partial charge in [-0.15, -0.1) is 0 Å². The van der Waals surface area contributed by atoms with Gasteiger partial charge in [-0.2, -0.15) is 0 Å². The van der Waals surface area contributed by atoms with Gasteiger partial charge in [0.05, 0.1) is 5.69 Å². The maximum atomic E-state index is 12.4. The highest BCUT2D eigenvalue weighted by atomic mass is 35.5. The van der Waals surface area contributed by atoms with Crippen LogP contribution in [0.1, 0.15) is 41.0 Å². The average molecular weight is 356 g/mol. The lowest BCUT2D eigenvalue weighted by Crippen LogP contribution is -2.52. The van der Waals surface area contributed by atoms with Gasteiger partial charge in [0.15, 0.2) is 0 Å². The molecule has 0 aliphatic rings. The van der Waals surface area contributed by atoms with E-state index >= 15 is 0 Å². The van der Waals surface area contributed by atoms with Crippen LogP contribution < -0.4 is 16.2 Å². The van der Waals surface area contributed by atoms with Gasteiger partial charge in [-0.3, -0.25) is 15.6 Å².